The molecule has 1 heterocycles. The second-order valence-electron chi connectivity index (χ2n) is 6.89. The predicted molar refractivity (Wildman–Crippen MR) is 90.8 cm³/mol. The highest BCUT2D eigenvalue weighted by atomic mass is 16.5. The highest BCUT2D eigenvalue weighted by Gasteiger charge is 2.33. The molecule has 1 atom stereocenters. The molecule has 1 N–H and O–H groups in total. The zero-order valence-corrected chi connectivity index (χ0v) is 13.9. The van der Waals surface area contributed by atoms with Gasteiger partial charge in [0.2, 0.25) is 0 Å². The van der Waals surface area contributed by atoms with E-state index in [1.165, 1.54) is 0 Å². The maximum absolute atomic E-state index is 12.8. The van der Waals surface area contributed by atoms with Crippen LogP contribution in [0.5, 0.6) is 5.75 Å². The van der Waals surface area contributed by atoms with Gasteiger partial charge in [0, 0.05) is 19.7 Å². The summed E-state index contributed by atoms with van der Waals surface area (Å²) in [6.07, 6.45) is 1.61. The summed E-state index contributed by atoms with van der Waals surface area (Å²) in [6, 6.07) is 11.3. The van der Waals surface area contributed by atoms with Crippen LogP contribution in [0.4, 0.5) is 0 Å². The zero-order valence-electron chi connectivity index (χ0n) is 13.9. The lowest BCUT2D eigenvalue weighted by Crippen LogP contribution is -2.46. The van der Waals surface area contributed by atoms with Gasteiger partial charge in [-0.05, 0) is 49.6 Å². The number of benzene rings is 2. The van der Waals surface area contributed by atoms with Gasteiger partial charge in [0.15, 0.2) is 0 Å². The van der Waals surface area contributed by atoms with Gasteiger partial charge in [-0.3, -0.25) is 4.79 Å². The number of nitrogens with zero attached hydrogens (tertiary/aromatic N) is 1. The number of hydrogen-bond donors (Lipinski definition) is 1. The molecule has 0 spiro atoms. The Hall–Kier alpha value is -2.07. The Kier molecular flexibility index (Phi) is 4.02. The Morgan fingerprint density at radius 1 is 1.26 bits per heavy atom. The first kappa shape index (κ1) is 15.8. The van der Waals surface area contributed by atoms with Crippen molar-refractivity contribution in [2.24, 2.45) is 0 Å². The van der Waals surface area contributed by atoms with Crippen molar-refractivity contribution in [1.29, 1.82) is 0 Å². The molecular weight excluding hydrogens is 290 g/mol. The molecule has 0 bridgehead atoms. The lowest BCUT2D eigenvalue weighted by molar-refractivity contribution is -0.0756. The summed E-state index contributed by atoms with van der Waals surface area (Å²) in [6.45, 7) is 4.74. The van der Waals surface area contributed by atoms with Gasteiger partial charge in [0.25, 0.3) is 5.91 Å². The maximum Gasteiger partial charge on any atom is 0.257 e. The molecule has 4 nitrogen and oxygen atoms in total. The summed E-state index contributed by atoms with van der Waals surface area (Å²) >= 11 is 0. The SMILES string of the molecule is CN(C(=O)c1cc2ccccc2cc1O)C1CCOC(C)(C)C1. The van der Waals surface area contributed by atoms with Crippen LogP contribution in [0.2, 0.25) is 0 Å². The van der Waals surface area contributed by atoms with Crippen LogP contribution >= 0.6 is 0 Å². The Labute approximate surface area is 136 Å². The van der Waals surface area contributed by atoms with Crippen molar-refractivity contribution >= 4 is 16.7 Å². The van der Waals surface area contributed by atoms with Crippen molar-refractivity contribution in [2.75, 3.05) is 13.7 Å². The molecule has 1 unspecified atom stereocenters. The smallest absolute Gasteiger partial charge is 0.257 e. The molecule has 1 amide bonds. The highest BCUT2D eigenvalue weighted by Crippen LogP contribution is 2.30. The second kappa shape index (κ2) is 5.85. The standard InChI is InChI=1S/C19H23NO3/c1-19(2)12-15(8-9-23-19)20(3)18(22)16-10-13-6-4-5-7-14(13)11-17(16)21/h4-7,10-11,15,21H,8-9,12H2,1-3H3. The average molecular weight is 313 g/mol. The molecule has 3 rings (SSSR count). The summed E-state index contributed by atoms with van der Waals surface area (Å²) in [7, 11) is 1.81. The molecule has 2 aromatic rings. The highest BCUT2D eigenvalue weighted by molar-refractivity contribution is 6.01. The van der Waals surface area contributed by atoms with Gasteiger partial charge in [-0.15, -0.1) is 0 Å². The molecule has 1 aliphatic heterocycles. The third-order valence-corrected chi connectivity index (χ3v) is 4.63. The van der Waals surface area contributed by atoms with E-state index in [1.807, 2.05) is 45.2 Å². The molecule has 0 aliphatic carbocycles. The molecule has 0 radical (unpaired) electrons. The average Bonchev–Trinajstić information content (AvgIpc) is 2.52. The van der Waals surface area contributed by atoms with Gasteiger partial charge in [0.1, 0.15) is 5.75 Å². The van der Waals surface area contributed by atoms with Crippen LogP contribution in [-0.4, -0.2) is 41.2 Å². The summed E-state index contributed by atoms with van der Waals surface area (Å²) in [5, 5.41) is 12.1. The number of amides is 1. The number of rotatable bonds is 2. The Bertz CT molecular complexity index is 738. The Morgan fingerprint density at radius 3 is 2.57 bits per heavy atom. The van der Waals surface area contributed by atoms with Crippen molar-refractivity contribution in [3.8, 4) is 5.75 Å². The monoisotopic (exact) mass is 313 g/mol. The first-order chi connectivity index (χ1) is 10.9. The van der Waals surface area contributed by atoms with E-state index in [0.29, 0.717) is 12.2 Å². The number of carbonyl (C=O) groups excluding carboxylic acids is 1. The lowest BCUT2D eigenvalue weighted by atomic mass is 9.92. The van der Waals surface area contributed by atoms with Crippen LogP contribution in [-0.2, 0) is 4.74 Å². The molecule has 0 saturated carbocycles. The molecule has 23 heavy (non-hydrogen) atoms. The third kappa shape index (κ3) is 3.17. The van der Waals surface area contributed by atoms with Crippen LogP contribution in [0.3, 0.4) is 0 Å². The van der Waals surface area contributed by atoms with Gasteiger partial charge in [-0.2, -0.15) is 0 Å². The number of phenolic OH excluding ortho intramolecular Hbond substituents is 1. The predicted octanol–water partition coefficient (Wildman–Crippen LogP) is 3.58. The van der Waals surface area contributed by atoms with E-state index in [0.717, 1.165) is 23.6 Å². The molecule has 122 valence electrons. The molecule has 1 fully saturated rings. The minimum atomic E-state index is -0.219. The molecule has 4 heteroatoms. The zero-order chi connectivity index (χ0) is 16.6. The fourth-order valence-corrected chi connectivity index (χ4v) is 3.29. The number of carbonyl (C=O) groups is 1. The van der Waals surface area contributed by atoms with Gasteiger partial charge in [-0.1, -0.05) is 24.3 Å². The van der Waals surface area contributed by atoms with Crippen molar-refractivity contribution in [3.63, 3.8) is 0 Å². The number of hydrogen-bond acceptors (Lipinski definition) is 3. The minimum Gasteiger partial charge on any atom is -0.507 e. The second-order valence-corrected chi connectivity index (χ2v) is 6.89. The molecule has 1 saturated heterocycles. The fraction of sp³-hybridized carbons (Fsp3) is 0.421. The van der Waals surface area contributed by atoms with Gasteiger partial charge >= 0.3 is 0 Å². The summed E-state index contributed by atoms with van der Waals surface area (Å²) in [4.78, 5) is 14.6. The van der Waals surface area contributed by atoms with E-state index in [1.54, 1.807) is 17.0 Å². The van der Waals surface area contributed by atoms with Crippen LogP contribution in [0.25, 0.3) is 10.8 Å². The van der Waals surface area contributed by atoms with Crippen molar-refractivity contribution in [2.45, 2.75) is 38.3 Å². The normalized spacial score (nSPS) is 20.4. The van der Waals surface area contributed by atoms with Crippen LogP contribution < -0.4 is 0 Å². The number of phenols is 1. The van der Waals surface area contributed by atoms with Gasteiger partial charge < -0.3 is 14.7 Å². The summed E-state index contributed by atoms with van der Waals surface area (Å²) in [5.74, 6) is -0.108. The van der Waals surface area contributed by atoms with E-state index in [2.05, 4.69) is 0 Å². The van der Waals surface area contributed by atoms with Crippen molar-refractivity contribution in [1.82, 2.24) is 4.90 Å². The maximum atomic E-state index is 12.8. The van der Waals surface area contributed by atoms with Gasteiger partial charge in [-0.25, -0.2) is 0 Å². The molecule has 2 aromatic carbocycles. The number of fused-ring (bicyclic) bond motifs is 1. The molecule has 1 aliphatic rings. The van der Waals surface area contributed by atoms with Crippen molar-refractivity contribution in [3.05, 3.63) is 42.0 Å². The summed E-state index contributed by atoms with van der Waals surface area (Å²) < 4.78 is 5.73. The molecular formula is C19H23NO3. The number of aromatic hydroxyl groups is 1. The summed E-state index contributed by atoms with van der Waals surface area (Å²) in [5.41, 5.74) is 0.138. The van der Waals surface area contributed by atoms with Crippen molar-refractivity contribution < 1.29 is 14.6 Å². The quantitative estimate of drug-likeness (QED) is 0.922. The van der Waals surface area contributed by atoms with Gasteiger partial charge in [0.05, 0.1) is 11.2 Å². The van der Waals surface area contributed by atoms with Crippen LogP contribution in [0.15, 0.2) is 36.4 Å². The minimum absolute atomic E-state index is 0.0341. The van der Waals surface area contributed by atoms with Crippen LogP contribution in [0, 0.1) is 0 Å². The Balaban J connectivity index is 1.89. The molecule has 0 aromatic heterocycles. The third-order valence-electron chi connectivity index (χ3n) is 4.63. The van der Waals surface area contributed by atoms with E-state index in [4.69, 9.17) is 4.74 Å². The van der Waals surface area contributed by atoms with Crippen LogP contribution in [0.1, 0.15) is 37.0 Å². The first-order valence-corrected chi connectivity index (χ1v) is 8.00. The van der Waals surface area contributed by atoms with E-state index < -0.39 is 0 Å². The first-order valence-electron chi connectivity index (χ1n) is 8.00. The fourth-order valence-electron chi connectivity index (χ4n) is 3.29. The Morgan fingerprint density at radius 2 is 1.91 bits per heavy atom. The topological polar surface area (TPSA) is 49.8 Å². The van der Waals surface area contributed by atoms with E-state index >= 15 is 0 Å². The van der Waals surface area contributed by atoms with E-state index in [-0.39, 0.29) is 23.3 Å². The lowest BCUT2D eigenvalue weighted by Gasteiger charge is -2.39. The largest absolute Gasteiger partial charge is 0.507 e. The number of ether oxygens (including phenoxy) is 1. The van der Waals surface area contributed by atoms with E-state index in [9.17, 15) is 9.90 Å².